The number of rotatable bonds is 4. The van der Waals surface area contributed by atoms with Crippen LogP contribution in [-0.4, -0.2) is 25.9 Å². The van der Waals surface area contributed by atoms with E-state index in [1.54, 1.807) is 18.2 Å². The molecule has 0 spiro atoms. The molecule has 0 aliphatic rings. The van der Waals surface area contributed by atoms with Crippen LogP contribution in [0.25, 0.3) is 0 Å². The van der Waals surface area contributed by atoms with E-state index in [0.29, 0.717) is 17.3 Å². The summed E-state index contributed by atoms with van der Waals surface area (Å²) in [5.74, 6) is -1.38. The summed E-state index contributed by atoms with van der Waals surface area (Å²) in [6, 6.07) is 12.8. The molecule has 5 nitrogen and oxygen atoms in total. The molecule has 6 heteroatoms. The number of amides is 2. The SMILES string of the molecule is Cc1cc(Cl)ccc1NC(=O)C(=O)NCc1ccc(N(C)C)cc1. The van der Waals surface area contributed by atoms with E-state index in [9.17, 15) is 9.59 Å². The number of anilines is 2. The monoisotopic (exact) mass is 345 g/mol. The van der Waals surface area contributed by atoms with E-state index in [-0.39, 0.29) is 0 Å². The maximum Gasteiger partial charge on any atom is 0.313 e. The minimum absolute atomic E-state index is 0.291. The summed E-state index contributed by atoms with van der Waals surface area (Å²) < 4.78 is 0. The maximum absolute atomic E-state index is 12.0. The Balaban J connectivity index is 1.90. The molecule has 0 atom stereocenters. The molecule has 0 fully saturated rings. The average Bonchev–Trinajstić information content (AvgIpc) is 2.55. The van der Waals surface area contributed by atoms with Crippen molar-refractivity contribution < 1.29 is 9.59 Å². The van der Waals surface area contributed by atoms with Crippen molar-refractivity contribution in [2.24, 2.45) is 0 Å². The number of carbonyl (C=O) groups excluding carboxylic acids is 2. The van der Waals surface area contributed by atoms with E-state index in [0.717, 1.165) is 16.8 Å². The Kier molecular flexibility index (Phi) is 5.82. The van der Waals surface area contributed by atoms with E-state index in [1.807, 2.05) is 50.2 Å². The molecule has 2 aromatic rings. The number of hydrogen-bond acceptors (Lipinski definition) is 3. The molecule has 0 heterocycles. The average molecular weight is 346 g/mol. The number of carbonyl (C=O) groups is 2. The second-order valence-corrected chi connectivity index (χ2v) is 6.09. The van der Waals surface area contributed by atoms with Crippen molar-refractivity contribution in [3.8, 4) is 0 Å². The first-order chi connectivity index (χ1) is 11.4. The van der Waals surface area contributed by atoms with E-state index in [1.165, 1.54) is 0 Å². The first kappa shape index (κ1) is 17.8. The molecule has 0 radical (unpaired) electrons. The van der Waals surface area contributed by atoms with Crippen LogP contribution in [0.4, 0.5) is 11.4 Å². The lowest BCUT2D eigenvalue weighted by Gasteiger charge is -2.13. The summed E-state index contributed by atoms with van der Waals surface area (Å²) in [5, 5.41) is 5.77. The van der Waals surface area contributed by atoms with Crippen LogP contribution >= 0.6 is 11.6 Å². The first-order valence-corrected chi connectivity index (χ1v) is 7.86. The van der Waals surface area contributed by atoms with Crippen LogP contribution in [0.15, 0.2) is 42.5 Å². The number of hydrogen-bond donors (Lipinski definition) is 2. The third kappa shape index (κ3) is 4.73. The fourth-order valence-electron chi connectivity index (χ4n) is 2.12. The third-order valence-electron chi connectivity index (χ3n) is 3.55. The highest BCUT2D eigenvalue weighted by atomic mass is 35.5. The molecule has 0 aromatic heterocycles. The van der Waals surface area contributed by atoms with Gasteiger partial charge in [0.25, 0.3) is 0 Å². The summed E-state index contributed by atoms with van der Waals surface area (Å²) in [6.45, 7) is 2.10. The Labute approximate surface area is 146 Å². The van der Waals surface area contributed by atoms with Gasteiger partial charge in [-0.25, -0.2) is 0 Å². The molecular formula is C18H20ClN3O2. The molecule has 0 aliphatic carbocycles. The van der Waals surface area contributed by atoms with Crippen LogP contribution in [0.1, 0.15) is 11.1 Å². The van der Waals surface area contributed by atoms with Gasteiger partial charge in [-0.1, -0.05) is 23.7 Å². The molecule has 0 saturated heterocycles. The molecule has 24 heavy (non-hydrogen) atoms. The highest BCUT2D eigenvalue weighted by Gasteiger charge is 2.14. The molecule has 2 amide bonds. The molecule has 0 aliphatic heterocycles. The highest BCUT2D eigenvalue weighted by molar-refractivity contribution is 6.39. The van der Waals surface area contributed by atoms with Crippen molar-refractivity contribution in [2.45, 2.75) is 13.5 Å². The fraction of sp³-hybridized carbons (Fsp3) is 0.222. The van der Waals surface area contributed by atoms with Gasteiger partial charge in [0.2, 0.25) is 0 Å². The Bertz CT molecular complexity index is 742. The Morgan fingerprint density at radius 1 is 1.04 bits per heavy atom. The van der Waals surface area contributed by atoms with Crippen LogP contribution in [0.3, 0.4) is 0 Å². The number of nitrogens with zero attached hydrogens (tertiary/aromatic N) is 1. The smallest absolute Gasteiger partial charge is 0.313 e. The van der Waals surface area contributed by atoms with Crippen molar-refractivity contribution in [3.05, 3.63) is 58.6 Å². The van der Waals surface area contributed by atoms with Gasteiger partial charge >= 0.3 is 11.8 Å². The van der Waals surface area contributed by atoms with Crippen LogP contribution in [0.5, 0.6) is 0 Å². The van der Waals surface area contributed by atoms with Gasteiger partial charge in [0.1, 0.15) is 0 Å². The number of aryl methyl sites for hydroxylation is 1. The summed E-state index contributed by atoms with van der Waals surface area (Å²) in [6.07, 6.45) is 0. The van der Waals surface area contributed by atoms with Gasteiger partial charge in [-0.05, 0) is 48.4 Å². The van der Waals surface area contributed by atoms with Gasteiger partial charge in [0, 0.05) is 37.0 Å². The molecule has 126 valence electrons. The predicted molar refractivity (Wildman–Crippen MR) is 97.4 cm³/mol. The summed E-state index contributed by atoms with van der Waals surface area (Å²) >= 11 is 5.87. The number of benzene rings is 2. The van der Waals surface area contributed by atoms with Crippen molar-refractivity contribution in [1.29, 1.82) is 0 Å². The van der Waals surface area contributed by atoms with Crippen molar-refractivity contribution in [2.75, 3.05) is 24.3 Å². The van der Waals surface area contributed by atoms with Gasteiger partial charge in [-0.2, -0.15) is 0 Å². The maximum atomic E-state index is 12.0. The minimum Gasteiger partial charge on any atom is -0.378 e. The molecule has 2 rings (SSSR count). The second-order valence-electron chi connectivity index (χ2n) is 5.66. The lowest BCUT2D eigenvalue weighted by Crippen LogP contribution is -2.35. The largest absolute Gasteiger partial charge is 0.378 e. The molecule has 2 N–H and O–H groups in total. The molecular weight excluding hydrogens is 326 g/mol. The second kappa shape index (κ2) is 7.84. The minimum atomic E-state index is -0.703. The van der Waals surface area contributed by atoms with Gasteiger partial charge < -0.3 is 15.5 Å². The topological polar surface area (TPSA) is 61.4 Å². The quantitative estimate of drug-likeness (QED) is 0.837. The van der Waals surface area contributed by atoms with Crippen LogP contribution in [-0.2, 0) is 16.1 Å². The lowest BCUT2D eigenvalue weighted by atomic mass is 10.2. The zero-order valence-electron chi connectivity index (χ0n) is 13.9. The van der Waals surface area contributed by atoms with Crippen LogP contribution in [0, 0.1) is 6.92 Å². The predicted octanol–water partition coefficient (Wildman–Crippen LogP) is 2.97. The van der Waals surface area contributed by atoms with Crippen molar-refractivity contribution in [3.63, 3.8) is 0 Å². The Morgan fingerprint density at radius 2 is 1.71 bits per heavy atom. The molecule has 0 unspecified atom stereocenters. The molecule has 0 saturated carbocycles. The van der Waals surface area contributed by atoms with Gasteiger partial charge in [-0.3, -0.25) is 9.59 Å². The fourth-order valence-corrected chi connectivity index (χ4v) is 2.35. The van der Waals surface area contributed by atoms with Gasteiger partial charge in [0.15, 0.2) is 0 Å². The standard InChI is InChI=1S/C18H20ClN3O2/c1-12-10-14(19)6-9-16(12)21-18(24)17(23)20-11-13-4-7-15(8-5-13)22(2)3/h4-10H,11H2,1-3H3,(H,20,23)(H,21,24). The molecule has 0 bridgehead atoms. The Hall–Kier alpha value is -2.53. The third-order valence-corrected chi connectivity index (χ3v) is 3.78. The normalized spacial score (nSPS) is 10.2. The number of nitrogens with one attached hydrogen (secondary N) is 2. The van der Waals surface area contributed by atoms with Crippen LogP contribution < -0.4 is 15.5 Å². The van der Waals surface area contributed by atoms with Crippen molar-refractivity contribution >= 4 is 34.8 Å². The van der Waals surface area contributed by atoms with E-state index in [4.69, 9.17) is 11.6 Å². The van der Waals surface area contributed by atoms with E-state index >= 15 is 0 Å². The van der Waals surface area contributed by atoms with Crippen LogP contribution in [0.2, 0.25) is 5.02 Å². The Morgan fingerprint density at radius 3 is 2.29 bits per heavy atom. The molecule has 2 aromatic carbocycles. The summed E-state index contributed by atoms with van der Waals surface area (Å²) in [7, 11) is 3.92. The lowest BCUT2D eigenvalue weighted by molar-refractivity contribution is -0.136. The van der Waals surface area contributed by atoms with E-state index in [2.05, 4.69) is 10.6 Å². The van der Waals surface area contributed by atoms with E-state index < -0.39 is 11.8 Å². The van der Waals surface area contributed by atoms with Gasteiger partial charge in [-0.15, -0.1) is 0 Å². The van der Waals surface area contributed by atoms with Crippen molar-refractivity contribution in [1.82, 2.24) is 5.32 Å². The summed E-state index contributed by atoms with van der Waals surface area (Å²) in [4.78, 5) is 25.9. The first-order valence-electron chi connectivity index (χ1n) is 7.48. The summed E-state index contributed by atoms with van der Waals surface area (Å²) in [5.41, 5.74) is 3.35. The highest BCUT2D eigenvalue weighted by Crippen LogP contribution is 2.19. The van der Waals surface area contributed by atoms with Gasteiger partial charge in [0.05, 0.1) is 0 Å². The number of halogens is 1. The zero-order chi connectivity index (χ0) is 17.7. The zero-order valence-corrected chi connectivity index (χ0v) is 14.6.